The minimum atomic E-state index is -0.202. The number of nitrogens with one attached hydrogen (secondary N) is 1. The summed E-state index contributed by atoms with van der Waals surface area (Å²) in [6.07, 6.45) is 0.482. The fourth-order valence-electron chi connectivity index (χ4n) is 3.35. The molecule has 0 fully saturated rings. The van der Waals surface area contributed by atoms with E-state index in [0.717, 1.165) is 26.9 Å². The Hall–Kier alpha value is -2.14. The molecule has 0 bridgehead atoms. The first kappa shape index (κ1) is 18.2. The van der Waals surface area contributed by atoms with E-state index in [1.54, 1.807) is 6.07 Å². The van der Waals surface area contributed by atoms with E-state index < -0.39 is 0 Å². The van der Waals surface area contributed by atoms with Crippen molar-refractivity contribution in [2.24, 2.45) is 4.99 Å². The smallest absolute Gasteiger partial charge is 0.126 e. The van der Waals surface area contributed by atoms with Crippen LogP contribution in [0.15, 0.2) is 82.3 Å². The molecule has 2 N–H and O–H groups in total. The van der Waals surface area contributed by atoms with Crippen molar-refractivity contribution in [3.05, 3.63) is 99.0 Å². The second kappa shape index (κ2) is 7.85. The molecule has 0 aliphatic carbocycles. The second-order valence-electron chi connectivity index (χ2n) is 6.52. The lowest BCUT2D eigenvalue weighted by molar-refractivity contribution is 0.412. The Kier molecular flexibility index (Phi) is 5.30. The van der Waals surface area contributed by atoms with Crippen molar-refractivity contribution < 1.29 is 5.11 Å². The number of halogens is 2. The number of nitrogens with zero attached hydrogens (tertiary/aromatic N) is 1. The number of hydrogen-bond acceptors (Lipinski definition) is 3. The monoisotopic (exact) mass is 440 g/mol. The summed E-state index contributed by atoms with van der Waals surface area (Å²) in [7, 11) is 0. The molecule has 3 aromatic carbocycles. The van der Waals surface area contributed by atoms with Crippen LogP contribution in [0.4, 0.5) is 0 Å². The molecular weight excluding hydrogens is 424 g/mol. The topological polar surface area (TPSA) is 44.6 Å². The third-order valence-electron chi connectivity index (χ3n) is 4.70. The number of hydrogen-bond donors (Lipinski definition) is 2. The molecule has 0 amide bonds. The van der Waals surface area contributed by atoms with Crippen LogP contribution in [0, 0.1) is 0 Å². The second-order valence-corrected chi connectivity index (χ2v) is 7.87. The minimum Gasteiger partial charge on any atom is -0.508 e. The number of para-hydroxylation sites is 1. The molecule has 0 spiro atoms. The normalized spacial score (nSPS) is 19.6. The van der Waals surface area contributed by atoms with Gasteiger partial charge in [-0.15, -0.1) is 0 Å². The summed E-state index contributed by atoms with van der Waals surface area (Å²) < 4.78 is 1.01. The lowest BCUT2D eigenvalue weighted by Gasteiger charge is -2.31. The van der Waals surface area contributed by atoms with Gasteiger partial charge in [0.15, 0.2) is 0 Å². The summed E-state index contributed by atoms with van der Waals surface area (Å²) in [6, 6.07) is 23.3. The third kappa shape index (κ3) is 4.08. The number of aromatic hydroxyl groups is 1. The van der Waals surface area contributed by atoms with Gasteiger partial charge in [-0.1, -0.05) is 70.0 Å². The molecule has 3 nitrogen and oxygen atoms in total. The molecular formula is C22H18BrClN2O. The summed E-state index contributed by atoms with van der Waals surface area (Å²) in [5.41, 5.74) is 3.97. The van der Waals surface area contributed by atoms with Gasteiger partial charge in [0, 0.05) is 33.2 Å². The highest BCUT2D eigenvalue weighted by Gasteiger charge is 2.27. The van der Waals surface area contributed by atoms with Gasteiger partial charge >= 0.3 is 0 Å². The molecule has 0 saturated carbocycles. The molecule has 0 aromatic heterocycles. The highest BCUT2D eigenvalue weighted by atomic mass is 79.9. The van der Waals surface area contributed by atoms with Crippen LogP contribution in [0.5, 0.6) is 5.75 Å². The number of benzene rings is 3. The Morgan fingerprint density at radius 2 is 1.78 bits per heavy atom. The predicted octanol–water partition coefficient (Wildman–Crippen LogP) is 6.03. The summed E-state index contributed by atoms with van der Waals surface area (Å²) in [5.74, 6) is 0.292. The molecule has 27 heavy (non-hydrogen) atoms. The van der Waals surface area contributed by atoms with Gasteiger partial charge < -0.3 is 5.11 Å². The largest absolute Gasteiger partial charge is 0.508 e. The predicted molar refractivity (Wildman–Crippen MR) is 113 cm³/mol. The molecule has 0 saturated heterocycles. The fourth-order valence-corrected chi connectivity index (χ4v) is 3.90. The van der Waals surface area contributed by atoms with Crippen molar-refractivity contribution in [2.75, 3.05) is 0 Å². The fraction of sp³-hybridized carbons (Fsp3) is 0.136. The molecule has 1 aliphatic heterocycles. The Balaban J connectivity index is 1.76. The van der Waals surface area contributed by atoms with Gasteiger partial charge in [-0.05, 0) is 41.5 Å². The van der Waals surface area contributed by atoms with Crippen LogP contribution in [0.1, 0.15) is 35.3 Å². The van der Waals surface area contributed by atoms with Crippen LogP contribution >= 0.6 is 27.5 Å². The lowest BCUT2D eigenvalue weighted by atomic mass is 9.93. The number of rotatable bonds is 3. The third-order valence-corrected chi connectivity index (χ3v) is 5.44. The summed E-state index contributed by atoms with van der Waals surface area (Å²) in [4.78, 5) is 4.96. The van der Waals surface area contributed by atoms with Crippen molar-refractivity contribution in [3.63, 3.8) is 0 Å². The molecule has 2 atom stereocenters. The van der Waals surface area contributed by atoms with Gasteiger partial charge in [-0.2, -0.15) is 0 Å². The van der Waals surface area contributed by atoms with Gasteiger partial charge in [0.05, 0.1) is 0 Å². The zero-order chi connectivity index (χ0) is 18.8. The van der Waals surface area contributed by atoms with Gasteiger partial charge in [-0.3, -0.25) is 10.3 Å². The maximum absolute atomic E-state index is 10.4. The van der Waals surface area contributed by atoms with Crippen molar-refractivity contribution in [1.29, 1.82) is 0 Å². The van der Waals surface area contributed by atoms with Gasteiger partial charge in [0.2, 0.25) is 0 Å². The quantitative estimate of drug-likeness (QED) is 0.521. The highest BCUT2D eigenvalue weighted by molar-refractivity contribution is 9.10. The Labute approximate surface area is 171 Å². The van der Waals surface area contributed by atoms with E-state index in [4.69, 9.17) is 16.6 Å². The maximum Gasteiger partial charge on any atom is 0.126 e. The summed E-state index contributed by atoms with van der Waals surface area (Å²) >= 11 is 9.58. The van der Waals surface area contributed by atoms with Crippen LogP contribution in [0.2, 0.25) is 5.02 Å². The van der Waals surface area contributed by atoms with Crippen LogP contribution < -0.4 is 5.32 Å². The van der Waals surface area contributed by atoms with E-state index in [9.17, 15) is 5.11 Å². The zero-order valence-corrected chi connectivity index (χ0v) is 16.8. The average molecular weight is 442 g/mol. The van der Waals surface area contributed by atoms with Gasteiger partial charge in [0.1, 0.15) is 11.9 Å². The number of aliphatic imine (C=N–C) groups is 1. The highest BCUT2D eigenvalue weighted by Crippen LogP contribution is 2.34. The summed E-state index contributed by atoms with van der Waals surface area (Å²) in [5, 5.41) is 14.6. The molecule has 0 radical (unpaired) electrons. The van der Waals surface area contributed by atoms with E-state index >= 15 is 0 Å². The number of phenols is 1. The lowest BCUT2D eigenvalue weighted by Crippen LogP contribution is -2.33. The van der Waals surface area contributed by atoms with Gasteiger partial charge in [0.25, 0.3) is 0 Å². The van der Waals surface area contributed by atoms with Crippen LogP contribution in [-0.4, -0.2) is 10.8 Å². The Bertz CT molecular complexity index is 988. The SMILES string of the molecule is Oc1ccccc1[C@H]1CC(c2ccc(Cl)cc2)=N[C@@H](c2cccc(Br)c2)N1. The molecule has 1 aliphatic rings. The van der Waals surface area contributed by atoms with E-state index in [2.05, 4.69) is 33.4 Å². The molecule has 3 aromatic rings. The molecule has 5 heteroatoms. The average Bonchev–Trinajstić information content (AvgIpc) is 2.68. The minimum absolute atomic E-state index is 0.0432. The zero-order valence-electron chi connectivity index (χ0n) is 14.4. The van der Waals surface area contributed by atoms with E-state index in [-0.39, 0.29) is 12.2 Å². The van der Waals surface area contributed by atoms with E-state index in [1.807, 2.05) is 54.6 Å². The number of phenolic OH excluding ortho intramolecular Hbond substituents is 1. The first-order chi connectivity index (χ1) is 13.1. The first-order valence-electron chi connectivity index (χ1n) is 8.72. The van der Waals surface area contributed by atoms with Crippen molar-refractivity contribution in [2.45, 2.75) is 18.6 Å². The van der Waals surface area contributed by atoms with Crippen LogP contribution in [0.3, 0.4) is 0 Å². The maximum atomic E-state index is 10.4. The van der Waals surface area contributed by atoms with Crippen molar-refractivity contribution >= 4 is 33.2 Å². The molecule has 4 rings (SSSR count). The summed E-state index contributed by atoms with van der Waals surface area (Å²) in [6.45, 7) is 0. The van der Waals surface area contributed by atoms with Crippen LogP contribution in [0.25, 0.3) is 0 Å². The Morgan fingerprint density at radius 3 is 2.52 bits per heavy atom. The first-order valence-corrected chi connectivity index (χ1v) is 9.89. The van der Waals surface area contributed by atoms with Crippen molar-refractivity contribution in [3.8, 4) is 5.75 Å². The van der Waals surface area contributed by atoms with Crippen molar-refractivity contribution in [1.82, 2.24) is 5.32 Å². The standard InChI is InChI=1S/C22H18BrClN2O/c23-16-5-3-4-15(12-16)22-25-19(14-8-10-17(24)11-9-14)13-20(26-22)18-6-1-2-7-21(18)27/h1-12,20,22,26-27H,13H2/t20-,22-/m1/s1. The Morgan fingerprint density at radius 1 is 1.00 bits per heavy atom. The molecule has 0 unspecified atom stereocenters. The van der Waals surface area contributed by atoms with Gasteiger partial charge in [-0.25, -0.2) is 0 Å². The van der Waals surface area contributed by atoms with E-state index in [1.165, 1.54) is 0 Å². The van der Waals surface area contributed by atoms with Crippen LogP contribution in [-0.2, 0) is 0 Å². The molecule has 136 valence electrons. The molecule has 1 heterocycles. The van der Waals surface area contributed by atoms with E-state index in [0.29, 0.717) is 17.2 Å².